The summed E-state index contributed by atoms with van der Waals surface area (Å²) < 4.78 is 30.0. The number of Topliss-reactive ketones (excluding diaryl/α,β-unsaturated/α-hetero) is 1. The van der Waals surface area contributed by atoms with Gasteiger partial charge in [0, 0.05) is 33.7 Å². The van der Waals surface area contributed by atoms with Gasteiger partial charge in [-0.2, -0.15) is 0 Å². The molecule has 0 aliphatic heterocycles. The lowest BCUT2D eigenvalue weighted by molar-refractivity contribution is 0.0772. The molecule has 0 aliphatic carbocycles. The van der Waals surface area contributed by atoms with Crippen LogP contribution in [0.1, 0.15) is 35.7 Å². The second kappa shape index (κ2) is 12.7. The van der Waals surface area contributed by atoms with Gasteiger partial charge in [0.1, 0.15) is 18.5 Å². The van der Waals surface area contributed by atoms with Crippen LogP contribution in [-0.4, -0.2) is 55.6 Å². The largest absolute Gasteiger partial charge is 0.490 e. The quantitative estimate of drug-likeness (QED) is 0.339. The summed E-state index contributed by atoms with van der Waals surface area (Å²) in [4.78, 5) is 12.7. The average molecular weight is 449 g/mol. The Morgan fingerprint density at radius 1 is 1.06 bits per heavy atom. The summed E-state index contributed by atoms with van der Waals surface area (Å²) in [7, 11) is -0.832. The first-order valence-corrected chi connectivity index (χ1v) is 11.9. The van der Waals surface area contributed by atoms with Crippen molar-refractivity contribution in [1.29, 1.82) is 0 Å². The molecular formula is C23H32NO6P. The van der Waals surface area contributed by atoms with Crippen molar-refractivity contribution in [2.45, 2.75) is 32.3 Å². The number of nitrogens with zero attached hydrogens (tertiary/aromatic N) is 1. The molecule has 0 aromatic heterocycles. The fraction of sp³-hybridized carbons (Fsp3) is 0.435. The molecule has 31 heavy (non-hydrogen) atoms. The number of hydrogen-bond donors (Lipinski definition) is 1. The van der Waals surface area contributed by atoms with Crippen molar-refractivity contribution in [3.63, 3.8) is 0 Å². The van der Waals surface area contributed by atoms with Gasteiger partial charge in [0.05, 0.1) is 5.56 Å². The third-order valence-electron chi connectivity index (χ3n) is 4.81. The van der Waals surface area contributed by atoms with Crippen molar-refractivity contribution in [2.24, 2.45) is 0 Å². The van der Waals surface area contributed by atoms with E-state index in [9.17, 15) is 14.5 Å². The summed E-state index contributed by atoms with van der Waals surface area (Å²) >= 11 is 0. The van der Waals surface area contributed by atoms with Crippen LogP contribution in [0.3, 0.4) is 0 Å². The Balaban J connectivity index is 1.98. The van der Waals surface area contributed by atoms with E-state index in [4.69, 9.17) is 13.8 Å². The van der Waals surface area contributed by atoms with E-state index in [2.05, 4.69) is 0 Å². The highest BCUT2D eigenvalue weighted by molar-refractivity contribution is 7.51. The number of benzene rings is 2. The summed E-state index contributed by atoms with van der Waals surface area (Å²) in [5, 5.41) is 10.5. The molecular weight excluding hydrogens is 417 g/mol. The van der Waals surface area contributed by atoms with E-state index in [1.54, 1.807) is 24.3 Å². The van der Waals surface area contributed by atoms with Gasteiger partial charge >= 0.3 is 7.75 Å². The smallest absolute Gasteiger partial charge is 0.407 e. The molecule has 7 nitrogen and oxygen atoms in total. The highest BCUT2D eigenvalue weighted by Gasteiger charge is 2.32. The van der Waals surface area contributed by atoms with Crippen LogP contribution in [0.4, 0.5) is 0 Å². The van der Waals surface area contributed by atoms with E-state index in [-0.39, 0.29) is 18.9 Å². The van der Waals surface area contributed by atoms with Crippen LogP contribution in [-0.2, 0) is 20.0 Å². The number of carbonyl (C=O) groups excluding carboxylic acids is 1. The number of para-hydroxylation sites is 1. The minimum absolute atomic E-state index is 0.0233. The van der Waals surface area contributed by atoms with Crippen LogP contribution in [0, 0.1) is 0 Å². The van der Waals surface area contributed by atoms with E-state index in [1.165, 1.54) is 18.9 Å². The normalized spacial score (nSPS) is 12.7. The fourth-order valence-electron chi connectivity index (χ4n) is 3.22. The maximum Gasteiger partial charge on any atom is 0.407 e. The number of carbonyl (C=O) groups is 1. The van der Waals surface area contributed by atoms with Gasteiger partial charge in [-0.05, 0) is 30.5 Å². The van der Waals surface area contributed by atoms with Crippen molar-refractivity contribution >= 4 is 13.5 Å². The van der Waals surface area contributed by atoms with Crippen LogP contribution in [0.5, 0.6) is 5.75 Å². The molecule has 0 fully saturated rings. The molecule has 0 saturated heterocycles. The zero-order valence-corrected chi connectivity index (χ0v) is 19.3. The minimum Gasteiger partial charge on any atom is -0.490 e. The summed E-state index contributed by atoms with van der Waals surface area (Å²) in [6, 6.07) is 16.8. The van der Waals surface area contributed by atoms with Gasteiger partial charge < -0.3 is 9.84 Å². The molecule has 0 radical (unpaired) electrons. The number of rotatable bonds is 14. The lowest BCUT2D eigenvalue weighted by Crippen LogP contribution is -2.35. The number of aliphatic hydroxyl groups is 1. The van der Waals surface area contributed by atoms with Crippen molar-refractivity contribution in [3.05, 3.63) is 65.7 Å². The van der Waals surface area contributed by atoms with Crippen LogP contribution in [0.25, 0.3) is 0 Å². The van der Waals surface area contributed by atoms with Crippen molar-refractivity contribution in [2.75, 3.05) is 33.9 Å². The van der Waals surface area contributed by atoms with Gasteiger partial charge in [-0.15, -0.1) is 0 Å². The van der Waals surface area contributed by atoms with Crippen LogP contribution in [0.15, 0.2) is 54.6 Å². The highest BCUT2D eigenvalue weighted by atomic mass is 31.2. The Hall–Kier alpha value is -2.02. The van der Waals surface area contributed by atoms with Gasteiger partial charge in [0.25, 0.3) is 0 Å². The number of ketones is 1. The van der Waals surface area contributed by atoms with Gasteiger partial charge in [0.15, 0.2) is 5.78 Å². The zero-order chi connectivity index (χ0) is 22.7. The number of ether oxygens (including phenoxy) is 1. The molecule has 2 rings (SSSR count). The molecule has 8 heteroatoms. The molecule has 0 saturated carbocycles. The molecule has 0 amide bonds. The van der Waals surface area contributed by atoms with Crippen LogP contribution in [0.2, 0.25) is 0 Å². The molecule has 2 aromatic carbocycles. The second-order valence-electron chi connectivity index (χ2n) is 7.12. The fourth-order valence-corrected chi connectivity index (χ4v) is 4.66. The Bertz CT molecular complexity index is 852. The SMILES string of the molecule is CCCN(CC(O)COc1ccccc1C(=O)CCc1ccccc1)P(=O)(OC)OC. The van der Waals surface area contributed by atoms with Gasteiger partial charge in [-0.1, -0.05) is 49.4 Å². The predicted octanol–water partition coefficient (Wildman–Crippen LogP) is 4.35. The Morgan fingerprint density at radius 3 is 2.35 bits per heavy atom. The molecule has 1 atom stereocenters. The zero-order valence-electron chi connectivity index (χ0n) is 18.4. The molecule has 2 aromatic rings. The third-order valence-corrected chi connectivity index (χ3v) is 6.79. The first kappa shape index (κ1) is 25.2. The molecule has 1 N–H and O–H groups in total. The van der Waals surface area contributed by atoms with Crippen molar-refractivity contribution < 1.29 is 28.3 Å². The molecule has 170 valence electrons. The van der Waals surface area contributed by atoms with E-state index >= 15 is 0 Å². The predicted molar refractivity (Wildman–Crippen MR) is 121 cm³/mol. The molecule has 0 heterocycles. The summed E-state index contributed by atoms with van der Waals surface area (Å²) in [5.41, 5.74) is 1.58. The number of aryl methyl sites for hydroxylation is 1. The van der Waals surface area contributed by atoms with Crippen molar-refractivity contribution in [3.8, 4) is 5.75 Å². The monoisotopic (exact) mass is 449 g/mol. The Kier molecular flexibility index (Phi) is 10.4. The van der Waals surface area contributed by atoms with Crippen LogP contribution < -0.4 is 4.74 Å². The van der Waals surface area contributed by atoms with E-state index in [0.29, 0.717) is 37.1 Å². The Morgan fingerprint density at radius 2 is 1.71 bits per heavy atom. The average Bonchev–Trinajstić information content (AvgIpc) is 2.81. The molecule has 0 spiro atoms. The second-order valence-corrected chi connectivity index (χ2v) is 9.35. The van der Waals surface area contributed by atoms with E-state index < -0.39 is 13.9 Å². The molecule has 0 aliphatic rings. The first-order valence-electron chi connectivity index (χ1n) is 10.4. The Labute approximate surface area is 184 Å². The third kappa shape index (κ3) is 7.56. The van der Waals surface area contributed by atoms with Crippen molar-refractivity contribution in [1.82, 2.24) is 4.67 Å². The lowest BCUT2D eigenvalue weighted by Gasteiger charge is -2.29. The minimum atomic E-state index is -3.46. The maximum absolute atomic E-state index is 12.7. The summed E-state index contributed by atoms with van der Waals surface area (Å²) in [5.74, 6) is 0.396. The maximum atomic E-state index is 12.7. The van der Waals surface area contributed by atoms with Crippen LogP contribution >= 0.6 is 7.75 Å². The van der Waals surface area contributed by atoms with Gasteiger partial charge in [0.2, 0.25) is 0 Å². The van der Waals surface area contributed by atoms with E-state index in [1.807, 2.05) is 37.3 Å². The number of hydrogen-bond acceptors (Lipinski definition) is 6. The van der Waals surface area contributed by atoms with E-state index in [0.717, 1.165) is 5.56 Å². The standard InChI is InChI=1S/C23H32NO6P/c1-4-16-24(31(27,28-2)29-3)17-20(25)18-30-23-13-9-8-12-21(23)22(26)15-14-19-10-6-5-7-11-19/h5-13,20,25H,4,14-18H2,1-3H3. The lowest BCUT2D eigenvalue weighted by atomic mass is 10.0. The van der Waals surface area contributed by atoms with Gasteiger partial charge in [-0.3, -0.25) is 13.8 Å². The number of aliphatic hydroxyl groups excluding tert-OH is 1. The molecule has 0 bridgehead atoms. The summed E-state index contributed by atoms with van der Waals surface area (Å²) in [6.07, 6.45) is 0.773. The first-order chi connectivity index (χ1) is 14.9. The highest BCUT2D eigenvalue weighted by Crippen LogP contribution is 2.50. The summed E-state index contributed by atoms with van der Waals surface area (Å²) in [6.45, 7) is 2.36. The topological polar surface area (TPSA) is 85.3 Å². The van der Waals surface area contributed by atoms with Gasteiger partial charge in [-0.25, -0.2) is 9.24 Å². The molecule has 1 unspecified atom stereocenters.